The number of piperazine rings is 1. The van der Waals surface area contributed by atoms with Crippen molar-refractivity contribution in [3.05, 3.63) is 69.5 Å². The van der Waals surface area contributed by atoms with E-state index in [-0.39, 0.29) is 17.2 Å². The Bertz CT molecular complexity index is 1110. The number of aryl methyl sites for hydroxylation is 2. The van der Waals surface area contributed by atoms with Gasteiger partial charge in [0.25, 0.3) is 5.91 Å². The molecule has 0 unspecified atom stereocenters. The van der Waals surface area contributed by atoms with E-state index in [1.807, 2.05) is 32.0 Å². The van der Waals surface area contributed by atoms with Gasteiger partial charge in [0.05, 0.1) is 11.4 Å². The zero-order valence-electron chi connectivity index (χ0n) is 17.6. The van der Waals surface area contributed by atoms with Crippen LogP contribution < -0.4 is 10.7 Å². The third-order valence-corrected chi connectivity index (χ3v) is 5.63. The van der Waals surface area contributed by atoms with E-state index in [9.17, 15) is 9.59 Å². The molecule has 4 rings (SSSR count). The molecule has 158 valence electrons. The standard InChI is InChI=1S/C23H27N3O4/c1-15-4-6-20-17(12-15)19(27)13-22(30-20)23(28)24-14-18(21-7-5-16(2)29-21)26-10-8-25(3)9-11-26/h4-7,12-13,18H,8-11,14H2,1-3H3,(H,24,28)/t18-/m0/s1. The molecule has 3 heterocycles. The second-order valence-electron chi connectivity index (χ2n) is 7.99. The van der Waals surface area contributed by atoms with Crippen LogP contribution in [0.5, 0.6) is 0 Å². The molecule has 7 heteroatoms. The molecule has 1 aromatic carbocycles. The number of benzene rings is 1. The lowest BCUT2D eigenvalue weighted by atomic mass is 10.1. The Morgan fingerprint density at radius 3 is 2.53 bits per heavy atom. The predicted octanol–water partition coefficient (Wildman–Crippen LogP) is 2.72. The Morgan fingerprint density at radius 2 is 1.83 bits per heavy atom. The van der Waals surface area contributed by atoms with E-state index < -0.39 is 5.91 Å². The molecular formula is C23H27N3O4. The van der Waals surface area contributed by atoms with Crippen LogP contribution in [0.15, 0.2) is 50.0 Å². The van der Waals surface area contributed by atoms with Gasteiger partial charge in [-0.2, -0.15) is 0 Å². The second-order valence-corrected chi connectivity index (χ2v) is 7.99. The van der Waals surface area contributed by atoms with Gasteiger partial charge in [-0.1, -0.05) is 11.6 Å². The summed E-state index contributed by atoms with van der Waals surface area (Å²) < 4.78 is 11.6. The molecule has 0 aliphatic carbocycles. The molecule has 3 aromatic rings. The number of amides is 1. The summed E-state index contributed by atoms with van der Waals surface area (Å²) in [7, 11) is 2.11. The van der Waals surface area contributed by atoms with Gasteiger partial charge in [0.15, 0.2) is 11.2 Å². The fraction of sp³-hybridized carbons (Fsp3) is 0.391. The monoisotopic (exact) mass is 409 g/mol. The van der Waals surface area contributed by atoms with E-state index in [0.717, 1.165) is 43.3 Å². The maximum absolute atomic E-state index is 12.8. The number of carbonyl (C=O) groups is 1. The number of hydrogen-bond donors (Lipinski definition) is 1. The third kappa shape index (κ3) is 4.32. The largest absolute Gasteiger partial charge is 0.465 e. The summed E-state index contributed by atoms with van der Waals surface area (Å²) in [5.74, 6) is 1.28. The molecule has 0 bridgehead atoms. The average molecular weight is 409 g/mol. The van der Waals surface area contributed by atoms with Crippen LogP contribution in [0.1, 0.15) is 33.7 Å². The summed E-state index contributed by atoms with van der Waals surface area (Å²) in [6, 6.07) is 10.4. The summed E-state index contributed by atoms with van der Waals surface area (Å²) in [5, 5.41) is 3.41. The van der Waals surface area contributed by atoms with Crippen LogP contribution in [-0.4, -0.2) is 55.5 Å². The Hall–Kier alpha value is -2.90. The van der Waals surface area contributed by atoms with Crippen LogP contribution in [-0.2, 0) is 0 Å². The number of fused-ring (bicyclic) bond motifs is 1. The maximum Gasteiger partial charge on any atom is 0.287 e. The molecule has 0 radical (unpaired) electrons. The normalized spacial score (nSPS) is 16.6. The van der Waals surface area contributed by atoms with E-state index in [1.165, 1.54) is 6.07 Å². The van der Waals surface area contributed by atoms with Crippen molar-refractivity contribution in [3.63, 3.8) is 0 Å². The SMILES string of the molecule is Cc1ccc2oc(C(=O)NC[C@@H](c3ccc(C)o3)N3CCN(C)CC3)cc(=O)c2c1. The van der Waals surface area contributed by atoms with Gasteiger partial charge in [-0.05, 0) is 45.2 Å². The lowest BCUT2D eigenvalue weighted by Crippen LogP contribution is -2.48. The molecule has 1 saturated heterocycles. The van der Waals surface area contributed by atoms with Crippen molar-refractivity contribution >= 4 is 16.9 Å². The van der Waals surface area contributed by atoms with Gasteiger partial charge in [-0.15, -0.1) is 0 Å². The molecule has 30 heavy (non-hydrogen) atoms. The molecule has 1 N–H and O–H groups in total. The van der Waals surface area contributed by atoms with E-state index >= 15 is 0 Å². The van der Waals surface area contributed by atoms with Crippen molar-refractivity contribution < 1.29 is 13.6 Å². The van der Waals surface area contributed by atoms with Crippen LogP contribution in [0.25, 0.3) is 11.0 Å². The summed E-state index contributed by atoms with van der Waals surface area (Å²) >= 11 is 0. The first-order valence-corrected chi connectivity index (χ1v) is 10.2. The van der Waals surface area contributed by atoms with Crippen molar-refractivity contribution in [2.24, 2.45) is 0 Å². The predicted molar refractivity (Wildman–Crippen MR) is 115 cm³/mol. The highest BCUT2D eigenvalue weighted by Gasteiger charge is 2.27. The number of hydrogen-bond acceptors (Lipinski definition) is 6. The molecule has 7 nitrogen and oxygen atoms in total. The Kier molecular flexibility index (Phi) is 5.74. The van der Waals surface area contributed by atoms with Gasteiger partial charge in [-0.3, -0.25) is 14.5 Å². The highest BCUT2D eigenvalue weighted by molar-refractivity contribution is 5.93. The Morgan fingerprint density at radius 1 is 1.07 bits per heavy atom. The average Bonchev–Trinajstić information content (AvgIpc) is 3.15. The van der Waals surface area contributed by atoms with E-state index in [2.05, 4.69) is 22.2 Å². The first-order chi connectivity index (χ1) is 14.4. The molecule has 1 amide bonds. The maximum atomic E-state index is 12.8. The summed E-state index contributed by atoms with van der Waals surface area (Å²) in [6.07, 6.45) is 0. The van der Waals surface area contributed by atoms with Gasteiger partial charge in [0, 0.05) is 38.8 Å². The lowest BCUT2D eigenvalue weighted by Gasteiger charge is -2.37. The minimum absolute atomic E-state index is 0.0177. The zero-order valence-corrected chi connectivity index (χ0v) is 17.6. The topological polar surface area (TPSA) is 78.9 Å². The number of nitrogens with one attached hydrogen (secondary N) is 1. The van der Waals surface area contributed by atoms with E-state index in [1.54, 1.807) is 12.1 Å². The minimum atomic E-state index is -0.406. The van der Waals surface area contributed by atoms with Gasteiger partial charge >= 0.3 is 0 Å². The minimum Gasteiger partial charge on any atom is -0.465 e. The molecule has 0 spiro atoms. The van der Waals surface area contributed by atoms with Crippen molar-refractivity contribution in [3.8, 4) is 0 Å². The molecular weight excluding hydrogens is 382 g/mol. The first-order valence-electron chi connectivity index (χ1n) is 10.2. The van der Waals surface area contributed by atoms with Gasteiger partial charge < -0.3 is 19.1 Å². The summed E-state index contributed by atoms with van der Waals surface area (Å²) in [5.41, 5.74) is 1.16. The van der Waals surface area contributed by atoms with Crippen molar-refractivity contribution in [2.75, 3.05) is 39.8 Å². The third-order valence-electron chi connectivity index (χ3n) is 5.63. The van der Waals surface area contributed by atoms with Crippen LogP contribution in [0, 0.1) is 13.8 Å². The smallest absolute Gasteiger partial charge is 0.287 e. The van der Waals surface area contributed by atoms with Crippen molar-refractivity contribution in [2.45, 2.75) is 19.9 Å². The van der Waals surface area contributed by atoms with E-state index in [0.29, 0.717) is 17.5 Å². The number of nitrogens with zero attached hydrogens (tertiary/aromatic N) is 2. The molecule has 1 aliphatic rings. The Balaban J connectivity index is 1.53. The number of furan rings is 1. The summed E-state index contributed by atoms with van der Waals surface area (Å²) in [6.45, 7) is 7.89. The van der Waals surface area contributed by atoms with Crippen molar-refractivity contribution in [1.82, 2.24) is 15.1 Å². The zero-order chi connectivity index (χ0) is 21.3. The fourth-order valence-corrected chi connectivity index (χ4v) is 3.83. The molecule has 2 aromatic heterocycles. The van der Waals surface area contributed by atoms with Crippen molar-refractivity contribution in [1.29, 1.82) is 0 Å². The fourth-order valence-electron chi connectivity index (χ4n) is 3.83. The quantitative estimate of drug-likeness (QED) is 0.698. The van der Waals surface area contributed by atoms with Gasteiger partial charge in [0.2, 0.25) is 0 Å². The van der Waals surface area contributed by atoms with Crippen LogP contribution in [0.2, 0.25) is 0 Å². The highest BCUT2D eigenvalue weighted by atomic mass is 16.3. The molecule has 1 fully saturated rings. The van der Waals surface area contributed by atoms with Gasteiger partial charge in [0.1, 0.15) is 17.1 Å². The second kappa shape index (κ2) is 8.45. The van der Waals surface area contributed by atoms with Gasteiger partial charge in [-0.25, -0.2) is 0 Å². The number of likely N-dealkylation sites (N-methyl/N-ethyl adjacent to an activating group) is 1. The summed E-state index contributed by atoms with van der Waals surface area (Å²) in [4.78, 5) is 29.8. The van der Waals surface area contributed by atoms with Crippen LogP contribution in [0.3, 0.4) is 0 Å². The molecule has 1 atom stereocenters. The molecule has 0 saturated carbocycles. The van der Waals surface area contributed by atoms with Crippen LogP contribution in [0.4, 0.5) is 0 Å². The number of rotatable bonds is 5. The lowest BCUT2D eigenvalue weighted by molar-refractivity contribution is 0.0830. The van der Waals surface area contributed by atoms with E-state index in [4.69, 9.17) is 8.83 Å². The highest BCUT2D eigenvalue weighted by Crippen LogP contribution is 2.24. The number of carbonyl (C=O) groups excluding carboxylic acids is 1. The Labute approximate surface area is 175 Å². The van der Waals surface area contributed by atoms with Crippen LogP contribution >= 0.6 is 0 Å². The first kappa shape index (κ1) is 20.4. The molecule has 1 aliphatic heterocycles.